The van der Waals surface area contributed by atoms with E-state index in [1.54, 1.807) is 0 Å². The van der Waals surface area contributed by atoms with Crippen molar-refractivity contribution >= 4 is 10.0 Å². The number of hydrogen-bond donors (Lipinski definition) is 2. The maximum Gasteiger partial charge on any atom is 0.238 e. The van der Waals surface area contributed by atoms with Crippen LogP contribution in [0.25, 0.3) is 0 Å². The van der Waals surface area contributed by atoms with E-state index < -0.39 is 15.8 Å². The lowest BCUT2D eigenvalue weighted by Crippen LogP contribution is -2.38. The van der Waals surface area contributed by atoms with E-state index in [1.165, 1.54) is 12.1 Å². The van der Waals surface area contributed by atoms with Crippen LogP contribution in [0.4, 0.5) is 4.39 Å². The Morgan fingerprint density at radius 3 is 2.55 bits per heavy atom. The van der Waals surface area contributed by atoms with E-state index >= 15 is 0 Å². The number of halogens is 1. The predicted octanol–water partition coefficient (Wildman–Crippen LogP) is 1.51. The van der Waals surface area contributed by atoms with Crippen LogP contribution in [-0.2, 0) is 10.0 Å². The molecule has 1 aliphatic rings. The Balaban J connectivity index is 2.17. The molecule has 1 aromatic rings. The molecule has 0 aliphatic heterocycles. The second-order valence-electron chi connectivity index (χ2n) is 5.10. The van der Waals surface area contributed by atoms with Gasteiger partial charge in [-0.1, -0.05) is 12.8 Å². The van der Waals surface area contributed by atoms with E-state index in [1.807, 2.05) is 0 Å². The van der Waals surface area contributed by atoms with Gasteiger partial charge >= 0.3 is 0 Å². The lowest BCUT2D eigenvalue weighted by atomic mass is 10.1. The van der Waals surface area contributed by atoms with Crippen LogP contribution in [0, 0.1) is 5.82 Å². The third kappa shape index (κ3) is 3.68. The van der Waals surface area contributed by atoms with E-state index in [0.717, 1.165) is 38.2 Å². The van der Waals surface area contributed by atoms with E-state index in [2.05, 4.69) is 0 Å². The highest BCUT2D eigenvalue weighted by Crippen LogP contribution is 2.26. The fourth-order valence-electron chi connectivity index (χ4n) is 2.37. The van der Waals surface area contributed by atoms with Crippen LogP contribution in [0.5, 0.6) is 5.75 Å². The highest BCUT2D eigenvalue weighted by Gasteiger charge is 2.23. The Kier molecular flexibility index (Phi) is 4.62. The molecule has 4 N–H and O–H groups in total. The van der Waals surface area contributed by atoms with Gasteiger partial charge in [0.25, 0.3) is 0 Å². The Bertz CT molecular complexity index is 577. The van der Waals surface area contributed by atoms with Gasteiger partial charge in [0.05, 0.1) is 4.90 Å². The minimum absolute atomic E-state index is 0.0137. The molecule has 2 unspecified atom stereocenters. The first-order valence-electron chi connectivity index (χ1n) is 6.62. The number of hydrogen-bond acceptors (Lipinski definition) is 4. The lowest BCUT2D eigenvalue weighted by molar-refractivity contribution is 0.156. The number of primary sulfonamides is 1. The van der Waals surface area contributed by atoms with Crippen molar-refractivity contribution in [3.63, 3.8) is 0 Å². The molecule has 1 aliphatic carbocycles. The Morgan fingerprint density at radius 2 is 1.90 bits per heavy atom. The highest BCUT2D eigenvalue weighted by atomic mass is 32.2. The molecular weight excluding hydrogens is 283 g/mol. The normalized spacial score (nSPS) is 24.1. The molecule has 5 nitrogen and oxygen atoms in total. The van der Waals surface area contributed by atoms with E-state index in [-0.39, 0.29) is 22.8 Å². The van der Waals surface area contributed by atoms with Gasteiger partial charge in [0.2, 0.25) is 10.0 Å². The molecule has 0 radical (unpaired) electrons. The second-order valence-corrected chi connectivity index (χ2v) is 6.66. The molecule has 0 aromatic heterocycles. The fraction of sp³-hybridized carbons (Fsp3) is 0.538. The first kappa shape index (κ1) is 15.2. The Labute approximate surface area is 118 Å². The summed E-state index contributed by atoms with van der Waals surface area (Å²) in [5, 5.41) is 4.95. The topological polar surface area (TPSA) is 95.4 Å². The maximum absolute atomic E-state index is 13.9. The number of nitrogens with two attached hydrogens (primary N) is 2. The van der Waals surface area contributed by atoms with Gasteiger partial charge in [0.1, 0.15) is 6.10 Å². The van der Waals surface area contributed by atoms with Gasteiger partial charge in [-0.2, -0.15) is 0 Å². The molecule has 0 heterocycles. The molecule has 20 heavy (non-hydrogen) atoms. The number of sulfonamides is 1. The van der Waals surface area contributed by atoms with Crippen LogP contribution >= 0.6 is 0 Å². The quantitative estimate of drug-likeness (QED) is 0.827. The third-order valence-corrected chi connectivity index (χ3v) is 4.42. The molecule has 7 heteroatoms. The van der Waals surface area contributed by atoms with Crippen LogP contribution in [0.2, 0.25) is 0 Å². The molecule has 112 valence electrons. The van der Waals surface area contributed by atoms with Gasteiger partial charge in [-0.25, -0.2) is 17.9 Å². The number of ether oxygens (including phenoxy) is 1. The zero-order valence-electron chi connectivity index (χ0n) is 11.1. The first-order chi connectivity index (χ1) is 9.38. The third-order valence-electron chi connectivity index (χ3n) is 3.51. The number of rotatable bonds is 3. The minimum Gasteiger partial charge on any atom is -0.486 e. The van der Waals surface area contributed by atoms with E-state index in [0.29, 0.717) is 0 Å². The van der Waals surface area contributed by atoms with Crippen LogP contribution in [0.15, 0.2) is 23.1 Å². The summed E-state index contributed by atoms with van der Waals surface area (Å²) in [7, 11) is -3.91. The van der Waals surface area contributed by atoms with Gasteiger partial charge < -0.3 is 10.5 Å². The molecule has 0 amide bonds. The average Bonchev–Trinajstić information content (AvgIpc) is 2.56. The van der Waals surface area contributed by atoms with Crippen LogP contribution < -0.4 is 15.6 Å². The molecule has 2 atom stereocenters. The monoisotopic (exact) mass is 302 g/mol. The summed E-state index contributed by atoms with van der Waals surface area (Å²) in [6.07, 6.45) is 4.52. The van der Waals surface area contributed by atoms with Crippen molar-refractivity contribution in [2.75, 3.05) is 0 Å². The summed E-state index contributed by atoms with van der Waals surface area (Å²) in [4.78, 5) is -0.271. The summed E-state index contributed by atoms with van der Waals surface area (Å²) in [6, 6.07) is 3.25. The van der Waals surface area contributed by atoms with Crippen molar-refractivity contribution in [1.29, 1.82) is 0 Å². The van der Waals surface area contributed by atoms with Crippen molar-refractivity contribution in [2.45, 2.75) is 49.1 Å². The summed E-state index contributed by atoms with van der Waals surface area (Å²) >= 11 is 0. The van der Waals surface area contributed by atoms with Crippen molar-refractivity contribution in [2.24, 2.45) is 10.9 Å². The van der Waals surface area contributed by atoms with Gasteiger partial charge in [0, 0.05) is 6.04 Å². The van der Waals surface area contributed by atoms with Crippen LogP contribution in [0.1, 0.15) is 32.1 Å². The van der Waals surface area contributed by atoms with Crippen molar-refractivity contribution in [3.8, 4) is 5.75 Å². The lowest BCUT2D eigenvalue weighted by Gasteiger charge is -2.23. The van der Waals surface area contributed by atoms with Crippen LogP contribution in [0.3, 0.4) is 0 Å². The average molecular weight is 302 g/mol. The smallest absolute Gasteiger partial charge is 0.238 e. The standard InChI is InChI=1S/C13H19FN2O3S/c14-10-8-9(20(16,17)18)6-7-12(10)19-13-5-3-1-2-4-11(13)15/h6-8,11,13H,1-5,15H2,(H2,16,17,18). The van der Waals surface area contributed by atoms with E-state index in [4.69, 9.17) is 15.6 Å². The minimum atomic E-state index is -3.91. The summed E-state index contributed by atoms with van der Waals surface area (Å²) in [6.45, 7) is 0. The predicted molar refractivity (Wildman–Crippen MR) is 73.2 cm³/mol. The van der Waals surface area contributed by atoms with Gasteiger partial charge in [-0.15, -0.1) is 0 Å². The van der Waals surface area contributed by atoms with Crippen molar-refractivity contribution < 1.29 is 17.5 Å². The molecule has 1 saturated carbocycles. The first-order valence-corrected chi connectivity index (χ1v) is 8.17. The fourth-order valence-corrected chi connectivity index (χ4v) is 2.89. The number of benzene rings is 1. The molecule has 1 aromatic carbocycles. The maximum atomic E-state index is 13.9. The van der Waals surface area contributed by atoms with Crippen LogP contribution in [-0.4, -0.2) is 20.6 Å². The second kappa shape index (κ2) is 6.07. The Hall–Kier alpha value is -1.18. The van der Waals surface area contributed by atoms with Gasteiger partial charge in [-0.3, -0.25) is 0 Å². The van der Waals surface area contributed by atoms with Crippen molar-refractivity contribution in [3.05, 3.63) is 24.0 Å². The largest absolute Gasteiger partial charge is 0.486 e. The SMILES string of the molecule is NC1CCCCCC1Oc1ccc(S(N)(=O)=O)cc1F. The highest BCUT2D eigenvalue weighted by molar-refractivity contribution is 7.89. The molecule has 0 bridgehead atoms. The molecule has 2 rings (SSSR count). The zero-order chi connectivity index (χ0) is 14.8. The summed E-state index contributed by atoms with van der Waals surface area (Å²) in [5.74, 6) is -0.729. The molecule has 0 spiro atoms. The summed E-state index contributed by atoms with van der Waals surface area (Å²) in [5.41, 5.74) is 6.01. The van der Waals surface area contributed by atoms with Gasteiger partial charge in [0.15, 0.2) is 11.6 Å². The molecule has 0 saturated heterocycles. The summed E-state index contributed by atoms with van der Waals surface area (Å²) < 4.78 is 41.8. The van der Waals surface area contributed by atoms with E-state index in [9.17, 15) is 12.8 Å². The zero-order valence-corrected chi connectivity index (χ0v) is 11.9. The van der Waals surface area contributed by atoms with Crippen molar-refractivity contribution in [1.82, 2.24) is 0 Å². The van der Waals surface area contributed by atoms with Gasteiger partial charge in [-0.05, 0) is 37.5 Å². The Morgan fingerprint density at radius 1 is 1.20 bits per heavy atom. The molecular formula is C13H19FN2O3S. The molecule has 1 fully saturated rings.